The summed E-state index contributed by atoms with van der Waals surface area (Å²) in [4.78, 5) is 47.8. The number of esters is 2. The van der Waals surface area contributed by atoms with Gasteiger partial charge in [0.15, 0.2) is 5.65 Å². The Kier molecular flexibility index (Phi) is 11.3. The van der Waals surface area contributed by atoms with Crippen LogP contribution in [0.2, 0.25) is 10.3 Å². The number of carbonyl (C=O) groups is 4. The van der Waals surface area contributed by atoms with Crippen LogP contribution in [0.4, 0.5) is 11.6 Å². The topological polar surface area (TPSA) is 201 Å². The van der Waals surface area contributed by atoms with Gasteiger partial charge in [0, 0.05) is 47.7 Å². The molecule has 0 saturated heterocycles. The summed E-state index contributed by atoms with van der Waals surface area (Å²) in [6, 6.07) is 7.26. The van der Waals surface area contributed by atoms with Gasteiger partial charge in [-0.05, 0) is 52.4 Å². The van der Waals surface area contributed by atoms with Crippen molar-refractivity contribution < 1.29 is 28.7 Å². The molecule has 0 bridgehead atoms. The minimum atomic E-state index is -0.536. The molecule has 3 saturated carbocycles. The minimum Gasteiger partial charge on any atom is -0.466 e. The molecule has 0 radical (unpaired) electrons. The molecule has 3 aliphatic carbocycles. The van der Waals surface area contributed by atoms with Crippen molar-refractivity contribution >= 4 is 64.2 Å². The first-order valence-corrected chi connectivity index (χ1v) is 16.6. The van der Waals surface area contributed by atoms with Crippen molar-refractivity contribution in [1.29, 1.82) is 0 Å². The Balaban J connectivity index is 0.000000127. The molecule has 4 aromatic rings. The van der Waals surface area contributed by atoms with E-state index in [4.69, 9.17) is 28.9 Å². The van der Waals surface area contributed by atoms with E-state index >= 15 is 0 Å². The van der Waals surface area contributed by atoms with E-state index in [9.17, 15) is 19.2 Å². The molecule has 1 aliphatic heterocycles. The number of fused-ring (bicyclic) bond motifs is 2. The van der Waals surface area contributed by atoms with Gasteiger partial charge in [-0.1, -0.05) is 23.2 Å². The van der Waals surface area contributed by atoms with Crippen LogP contribution in [0.25, 0.3) is 5.65 Å². The number of aromatic amines is 1. The zero-order valence-electron chi connectivity index (χ0n) is 26.6. The molecule has 4 aliphatic rings. The number of nitrogens with one attached hydrogen (secondary N) is 2. The van der Waals surface area contributed by atoms with Crippen molar-refractivity contribution in [2.24, 2.45) is 0 Å². The first kappa shape index (κ1) is 34.8. The first-order valence-electron chi connectivity index (χ1n) is 15.8. The van der Waals surface area contributed by atoms with Gasteiger partial charge >= 0.3 is 11.9 Å². The van der Waals surface area contributed by atoms with Crippen molar-refractivity contribution in [3.8, 4) is 0 Å². The molecule has 0 unspecified atom stereocenters. The summed E-state index contributed by atoms with van der Waals surface area (Å²) >= 11 is 11.8. The predicted octanol–water partition coefficient (Wildman–Crippen LogP) is 5.03. The molecule has 5 heterocycles. The monoisotopic (exact) mass is 701 g/mol. The highest BCUT2D eigenvalue weighted by Gasteiger charge is 2.31. The number of hydrogen-bond acceptors (Lipinski definition) is 11. The lowest BCUT2D eigenvalue weighted by Crippen LogP contribution is -2.29. The average Bonchev–Trinajstić information content (AvgIpc) is 3.96. The average molecular weight is 703 g/mol. The lowest BCUT2D eigenvalue weighted by molar-refractivity contribution is -0.153. The largest absolute Gasteiger partial charge is 0.466 e. The number of nitrogens with two attached hydrogens (primary N) is 1. The van der Waals surface area contributed by atoms with Crippen LogP contribution in [0, 0.1) is 0 Å². The summed E-state index contributed by atoms with van der Waals surface area (Å²) < 4.78 is 12.0. The number of anilines is 2. The molecule has 8 rings (SSSR count). The molecule has 0 spiro atoms. The van der Waals surface area contributed by atoms with E-state index < -0.39 is 11.9 Å². The first-order chi connectivity index (χ1) is 23.0. The predicted molar refractivity (Wildman–Crippen MR) is 176 cm³/mol. The highest BCUT2D eigenvalue weighted by Crippen LogP contribution is 2.41. The van der Waals surface area contributed by atoms with Crippen LogP contribution in [0.5, 0.6) is 0 Å². The fraction of sp³-hybridized carbons (Fsp3) is 0.484. The summed E-state index contributed by atoms with van der Waals surface area (Å²) in [5, 5.41) is 18.8. The second kappa shape index (κ2) is 15.6. The number of nitrogens with zero attached hydrogens (tertiary/aromatic N) is 6. The van der Waals surface area contributed by atoms with Crippen LogP contribution in [0.15, 0.2) is 24.3 Å². The molecular formula is C31H37Cl2N9O6. The molecule has 15 nitrogen and oxygen atoms in total. The zero-order valence-corrected chi connectivity index (χ0v) is 28.1. The van der Waals surface area contributed by atoms with Crippen molar-refractivity contribution in [3.05, 3.63) is 51.7 Å². The molecule has 17 heteroatoms. The fourth-order valence-electron chi connectivity index (χ4n) is 4.66. The van der Waals surface area contributed by atoms with Crippen molar-refractivity contribution in [3.63, 3.8) is 0 Å². The van der Waals surface area contributed by atoms with E-state index in [0.717, 1.165) is 35.8 Å². The molecule has 48 heavy (non-hydrogen) atoms. The van der Waals surface area contributed by atoms with Gasteiger partial charge in [0.2, 0.25) is 5.91 Å². The number of nitrogen functional groups attached to an aromatic ring is 1. The van der Waals surface area contributed by atoms with E-state index in [1.54, 1.807) is 30.5 Å². The fourth-order valence-corrected chi connectivity index (χ4v) is 5.13. The molecule has 0 atom stereocenters. The van der Waals surface area contributed by atoms with Gasteiger partial charge in [0.25, 0.3) is 5.91 Å². The van der Waals surface area contributed by atoms with Crippen LogP contribution >= 0.6 is 23.2 Å². The smallest absolute Gasteiger partial charge is 0.317 e. The maximum absolute atomic E-state index is 11.4. The van der Waals surface area contributed by atoms with Crippen LogP contribution in [0.3, 0.4) is 0 Å². The lowest BCUT2D eigenvalue weighted by atomic mass is 10.3. The van der Waals surface area contributed by atoms with E-state index in [1.165, 1.54) is 36.1 Å². The summed E-state index contributed by atoms with van der Waals surface area (Å²) in [6.45, 7) is 3.95. The summed E-state index contributed by atoms with van der Waals surface area (Å²) in [5.74, 6) is 1.40. The van der Waals surface area contributed by atoms with Gasteiger partial charge in [0.1, 0.15) is 34.8 Å². The number of hydrogen-bond donors (Lipinski definition) is 3. The van der Waals surface area contributed by atoms with E-state index in [0.29, 0.717) is 33.8 Å². The number of H-pyrrole nitrogens is 1. The van der Waals surface area contributed by atoms with Crippen LogP contribution in [0.1, 0.15) is 105 Å². The van der Waals surface area contributed by atoms with Crippen molar-refractivity contribution in [1.82, 2.24) is 34.6 Å². The van der Waals surface area contributed by atoms with E-state index in [2.05, 4.69) is 40.2 Å². The van der Waals surface area contributed by atoms with Crippen LogP contribution < -0.4 is 11.1 Å². The second-order valence-corrected chi connectivity index (χ2v) is 12.4. The molecule has 4 N–H and O–H groups in total. The third-order valence-electron chi connectivity index (χ3n) is 7.44. The van der Waals surface area contributed by atoms with Crippen molar-refractivity contribution in [2.45, 2.75) is 83.0 Å². The number of halogens is 2. The SMILES string of the molecule is CCOC(=O)CC(=O)OCC.Clc1cc(Cl)n2nc(C3CC3)cc2n1.Nc1cc(C2CC2)[nH]n1.O=C1CC(=O)n2nc(C3CC3)cc2N1. The van der Waals surface area contributed by atoms with Gasteiger partial charge < -0.3 is 20.5 Å². The molecule has 1 amide bonds. The molecular weight excluding hydrogens is 665 g/mol. The van der Waals surface area contributed by atoms with E-state index in [-0.39, 0.29) is 37.9 Å². The van der Waals surface area contributed by atoms with Gasteiger partial charge in [-0.3, -0.25) is 24.3 Å². The van der Waals surface area contributed by atoms with Gasteiger partial charge in [-0.25, -0.2) is 9.50 Å². The maximum Gasteiger partial charge on any atom is 0.317 e. The second-order valence-electron chi connectivity index (χ2n) is 11.6. The quantitative estimate of drug-likeness (QED) is 0.133. The Morgan fingerprint density at radius 3 is 2.04 bits per heavy atom. The maximum atomic E-state index is 11.4. The van der Waals surface area contributed by atoms with Gasteiger partial charge in [-0.15, -0.1) is 0 Å². The molecule has 3 fully saturated rings. The van der Waals surface area contributed by atoms with Gasteiger partial charge in [0.05, 0.1) is 24.6 Å². The highest BCUT2D eigenvalue weighted by atomic mass is 35.5. The molecule has 256 valence electrons. The minimum absolute atomic E-state index is 0.0984. The number of rotatable bonds is 7. The lowest BCUT2D eigenvalue weighted by Gasteiger charge is -2.11. The van der Waals surface area contributed by atoms with Gasteiger partial charge in [-0.2, -0.15) is 20.0 Å². The Hall–Kier alpha value is -4.50. The van der Waals surface area contributed by atoms with Crippen LogP contribution in [-0.4, -0.2) is 71.5 Å². The molecule has 4 aromatic heterocycles. The number of aromatic nitrogens is 7. The summed E-state index contributed by atoms with van der Waals surface area (Å²) in [6.07, 6.45) is 6.91. The Bertz CT molecular complexity index is 1770. The molecule has 0 aromatic carbocycles. The number of ether oxygens (including phenoxy) is 2. The zero-order chi connectivity index (χ0) is 34.4. The Labute approximate surface area is 285 Å². The normalized spacial score (nSPS) is 16.2. The van der Waals surface area contributed by atoms with Crippen LogP contribution in [-0.2, 0) is 23.9 Å². The summed E-state index contributed by atoms with van der Waals surface area (Å²) in [5.41, 5.74) is 9.33. The Morgan fingerprint density at radius 2 is 1.50 bits per heavy atom. The number of amides is 1. The standard InChI is InChI=1S/C9H7Cl2N3.C9H9N3O2.C7H12O4.C6H9N3/c10-7-4-8(11)14-9(12-7)3-6(13-14)5-1-2-5;13-8-4-9(14)12-7(10-8)3-6(11-12)5-1-2-5;1-3-10-6(8)5-7(9)11-4-2;7-6-3-5(8-9-6)4-1-2-4/h3-5H,1-2H2;3,5H,1-2,4H2,(H,10,13);3-5H2,1-2H3;3-4H,1-2H2,(H3,7,8,9). The third kappa shape index (κ3) is 9.76. The number of carbonyl (C=O) groups excluding carboxylic acids is 4. The van der Waals surface area contributed by atoms with E-state index in [1.807, 2.05) is 12.1 Å². The Morgan fingerprint density at radius 1 is 0.896 bits per heavy atom. The third-order valence-corrected chi connectivity index (χ3v) is 7.90. The highest BCUT2D eigenvalue weighted by molar-refractivity contribution is 6.33. The summed E-state index contributed by atoms with van der Waals surface area (Å²) in [7, 11) is 0. The van der Waals surface area contributed by atoms with Crippen molar-refractivity contribution in [2.75, 3.05) is 24.3 Å².